The number of piperazine rings is 1. The molecule has 1 aliphatic heterocycles. The largest absolute Gasteiger partial charge is 0.465 e. The maximum atomic E-state index is 12.5. The standard InChI is InChI=1S/C27H29N3O4S2/c1-18-21(25(31)33-2)24(36-23(18)26(32)34-3)28-27(35)30-16-14-29(15-17-30)22(19-10-6-4-7-11-19)20-12-8-5-9-13-20/h4-13,22H,14-17H2,1-3H3,(H,28,35). The lowest BCUT2D eigenvalue weighted by Crippen LogP contribution is -2.51. The summed E-state index contributed by atoms with van der Waals surface area (Å²) in [5.74, 6) is -1.02. The van der Waals surface area contributed by atoms with E-state index in [0.717, 1.165) is 37.5 Å². The molecule has 0 aliphatic carbocycles. The van der Waals surface area contributed by atoms with Gasteiger partial charge in [0.05, 0.1) is 25.8 Å². The first-order valence-electron chi connectivity index (χ1n) is 11.6. The number of benzene rings is 2. The number of hydrogen-bond acceptors (Lipinski definition) is 7. The van der Waals surface area contributed by atoms with Gasteiger partial charge in [-0.05, 0) is 35.8 Å². The number of thiocarbonyl (C=S) groups is 1. The summed E-state index contributed by atoms with van der Waals surface area (Å²) in [5, 5.41) is 4.18. The molecule has 7 nitrogen and oxygen atoms in total. The summed E-state index contributed by atoms with van der Waals surface area (Å²) in [6.45, 7) is 4.79. The predicted octanol–water partition coefficient (Wildman–Crippen LogP) is 4.73. The van der Waals surface area contributed by atoms with Gasteiger partial charge in [-0.25, -0.2) is 9.59 Å². The van der Waals surface area contributed by atoms with Crippen LogP contribution in [0.1, 0.15) is 42.8 Å². The summed E-state index contributed by atoms with van der Waals surface area (Å²) in [4.78, 5) is 29.6. The molecule has 0 saturated carbocycles. The van der Waals surface area contributed by atoms with E-state index in [0.29, 0.717) is 26.1 Å². The maximum absolute atomic E-state index is 12.5. The minimum absolute atomic E-state index is 0.157. The van der Waals surface area contributed by atoms with E-state index in [1.54, 1.807) is 6.92 Å². The Morgan fingerprint density at radius 2 is 1.42 bits per heavy atom. The number of methoxy groups -OCH3 is 2. The van der Waals surface area contributed by atoms with Crippen molar-refractivity contribution in [1.29, 1.82) is 0 Å². The molecule has 4 rings (SSSR count). The van der Waals surface area contributed by atoms with Crippen LogP contribution in [-0.2, 0) is 9.47 Å². The lowest BCUT2D eigenvalue weighted by atomic mass is 9.96. The Balaban J connectivity index is 1.49. The molecule has 1 N–H and O–H groups in total. The van der Waals surface area contributed by atoms with E-state index >= 15 is 0 Å². The third kappa shape index (κ3) is 5.43. The summed E-state index contributed by atoms with van der Waals surface area (Å²) in [7, 11) is 2.63. The van der Waals surface area contributed by atoms with Gasteiger partial charge in [0.25, 0.3) is 0 Å². The van der Waals surface area contributed by atoms with Gasteiger partial charge in [0.15, 0.2) is 5.11 Å². The van der Waals surface area contributed by atoms with Crippen LogP contribution in [-0.4, -0.2) is 67.2 Å². The smallest absolute Gasteiger partial charge is 0.348 e. The molecule has 2 aromatic carbocycles. The van der Waals surface area contributed by atoms with E-state index in [2.05, 4.69) is 63.6 Å². The van der Waals surface area contributed by atoms with Crippen LogP contribution in [0, 0.1) is 6.92 Å². The van der Waals surface area contributed by atoms with Gasteiger partial charge in [0, 0.05) is 26.2 Å². The molecule has 3 aromatic rings. The first-order chi connectivity index (χ1) is 17.4. The topological polar surface area (TPSA) is 71.1 Å². The summed E-state index contributed by atoms with van der Waals surface area (Å²) < 4.78 is 9.82. The maximum Gasteiger partial charge on any atom is 0.348 e. The molecule has 0 unspecified atom stereocenters. The van der Waals surface area contributed by atoms with E-state index in [4.69, 9.17) is 21.7 Å². The lowest BCUT2D eigenvalue weighted by Gasteiger charge is -2.40. The van der Waals surface area contributed by atoms with E-state index in [9.17, 15) is 9.59 Å². The van der Waals surface area contributed by atoms with E-state index in [1.165, 1.54) is 25.3 Å². The van der Waals surface area contributed by atoms with Gasteiger partial charge in [0.2, 0.25) is 0 Å². The monoisotopic (exact) mass is 523 g/mol. The number of anilines is 1. The number of carbonyl (C=O) groups excluding carboxylic acids is 2. The normalized spacial score (nSPS) is 13.9. The van der Waals surface area contributed by atoms with Crippen molar-refractivity contribution in [3.63, 3.8) is 0 Å². The molecule has 0 bridgehead atoms. The van der Waals surface area contributed by atoms with Gasteiger partial charge in [-0.3, -0.25) is 4.90 Å². The summed E-state index contributed by atoms with van der Waals surface area (Å²) in [6.07, 6.45) is 0. The molecule has 0 atom stereocenters. The quantitative estimate of drug-likeness (QED) is 0.367. The average molecular weight is 524 g/mol. The van der Waals surface area contributed by atoms with Crippen molar-refractivity contribution in [2.45, 2.75) is 13.0 Å². The van der Waals surface area contributed by atoms with Gasteiger partial charge < -0.3 is 19.7 Å². The van der Waals surface area contributed by atoms with Crippen LogP contribution < -0.4 is 5.32 Å². The molecule has 9 heteroatoms. The first-order valence-corrected chi connectivity index (χ1v) is 12.9. The number of rotatable bonds is 6. The number of ether oxygens (including phenoxy) is 2. The van der Waals surface area contributed by atoms with Gasteiger partial charge in [-0.1, -0.05) is 60.7 Å². The Morgan fingerprint density at radius 3 is 1.92 bits per heavy atom. The molecule has 0 radical (unpaired) electrons. The molecule has 0 spiro atoms. The summed E-state index contributed by atoms with van der Waals surface area (Å²) >= 11 is 6.85. The summed E-state index contributed by atoms with van der Waals surface area (Å²) in [5.41, 5.74) is 3.33. The fourth-order valence-electron chi connectivity index (χ4n) is 4.48. The van der Waals surface area contributed by atoms with Crippen molar-refractivity contribution in [2.75, 3.05) is 45.7 Å². The molecule has 1 saturated heterocycles. The Labute approximate surface area is 220 Å². The van der Waals surface area contributed by atoms with Crippen molar-refractivity contribution in [1.82, 2.24) is 9.80 Å². The van der Waals surface area contributed by atoms with Crippen molar-refractivity contribution >= 4 is 45.6 Å². The van der Waals surface area contributed by atoms with Crippen LogP contribution in [0.3, 0.4) is 0 Å². The molecule has 1 aromatic heterocycles. The fourth-order valence-corrected chi connectivity index (χ4v) is 5.94. The van der Waals surface area contributed by atoms with Crippen LogP contribution >= 0.6 is 23.6 Å². The molecule has 1 aliphatic rings. The molecule has 2 heterocycles. The second kappa shape index (κ2) is 11.6. The molecule has 1 fully saturated rings. The minimum Gasteiger partial charge on any atom is -0.465 e. The number of hydrogen-bond donors (Lipinski definition) is 1. The molecular formula is C27H29N3O4S2. The van der Waals surface area contributed by atoms with Crippen LogP contribution in [0.5, 0.6) is 0 Å². The van der Waals surface area contributed by atoms with Gasteiger partial charge >= 0.3 is 11.9 Å². The number of nitrogens with zero attached hydrogens (tertiary/aromatic N) is 2. The SMILES string of the molecule is COC(=O)c1sc(NC(=S)N2CCN(C(c3ccccc3)c3ccccc3)CC2)c(C(=O)OC)c1C. The lowest BCUT2D eigenvalue weighted by molar-refractivity contribution is 0.0601. The fraction of sp³-hybridized carbons (Fsp3) is 0.296. The van der Waals surface area contributed by atoms with Gasteiger partial charge in [-0.2, -0.15) is 0 Å². The molecule has 188 valence electrons. The third-order valence-electron chi connectivity index (χ3n) is 6.32. The second-order valence-electron chi connectivity index (χ2n) is 8.42. The van der Waals surface area contributed by atoms with E-state index < -0.39 is 11.9 Å². The van der Waals surface area contributed by atoms with E-state index in [1.807, 2.05) is 12.1 Å². The number of thiophene rings is 1. The van der Waals surface area contributed by atoms with Crippen LogP contribution in [0.4, 0.5) is 5.00 Å². The highest BCUT2D eigenvalue weighted by Gasteiger charge is 2.30. The van der Waals surface area contributed by atoms with Crippen molar-refractivity contribution in [3.8, 4) is 0 Å². The zero-order valence-electron chi connectivity index (χ0n) is 20.5. The average Bonchev–Trinajstić information content (AvgIpc) is 3.24. The minimum atomic E-state index is -0.525. The third-order valence-corrected chi connectivity index (χ3v) is 7.87. The van der Waals surface area contributed by atoms with Crippen molar-refractivity contribution < 1.29 is 19.1 Å². The highest BCUT2D eigenvalue weighted by Crippen LogP contribution is 2.35. The second-order valence-corrected chi connectivity index (χ2v) is 9.83. The van der Waals surface area contributed by atoms with E-state index in [-0.39, 0.29) is 6.04 Å². The predicted molar refractivity (Wildman–Crippen MR) is 146 cm³/mol. The van der Waals surface area contributed by atoms with Crippen LogP contribution in [0.2, 0.25) is 0 Å². The van der Waals surface area contributed by atoms with Gasteiger partial charge in [-0.15, -0.1) is 11.3 Å². The van der Waals surface area contributed by atoms with Gasteiger partial charge in [0.1, 0.15) is 9.88 Å². The highest BCUT2D eigenvalue weighted by molar-refractivity contribution is 7.80. The van der Waals surface area contributed by atoms with Crippen molar-refractivity contribution in [2.24, 2.45) is 0 Å². The Kier molecular flexibility index (Phi) is 8.35. The zero-order chi connectivity index (χ0) is 25.7. The molecule has 36 heavy (non-hydrogen) atoms. The zero-order valence-corrected chi connectivity index (χ0v) is 22.2. The molecule has 0 amide bonds. The Bertz CT molecular complexity index is 1180. The summed E-state index contributed by atoms with van der Waals surface area (Å²) in [6, 6.07) is 21.2. The number of nitrogens with one attached hydrogen (secondary N) is 1. The first kappa shape index (κ1) is 25.8. The Morgan fingerprint density at radius 1 is 0.889 bits per heavy atom. The Hall–Kier alpha value is -3.27. The van der Waals surface area contributed by atoms with Crippen molar-refractivity contribution in [3.05, 3.63) is 87.8 Å². The molecular weight excluding hydrogens is 494 g/mol. The van der Waals surface area contributed by atoms with Crippen LogP contribution in [0.15, 0.2) is 60.7 Å². The number of carbonyl (C=O) groups is 2. The van der Waals surface area contributed by atoms with Crippen LogP contribution in [0.25, 0.3) is 0 Å². The number of esters is 2. The highest BCUT2D eigenvalue weighted by atomic mass is 32.1.